The lowest BCUT2D eigenvalue weighted by Crippen LogP contribution is -2.46. The highest BCUT2D eigenvalue weighted by Gasteiger charge is 2.34. The average molecular weight is 518 g/mol. The molecule has 0 saturated heterocycles. The van der Waals surface area contributed by atoms with E-state index in [4.69, 9.17) is 4.42 Å². The van der Waals surface area contributed by atoms with E-state index >= 15 is 0 Å². The predicted molar refractivity (Wildman–Crippen MR) is 138 cm³/mol. The van der Waals surface area contributed by atoms with Gasteiger partial charge in [-0.05, 0) is 49.6 Å². The van der Waals surface area contributed by atoms with Crippen molar-refractivity contribution in [3.8, 4) is 11.4 Å². The maximum absolute atomic E-state index is 13.4. The van der Waals surface area contributed by atoms with E-state index in [-0.39, 0.29) is 23.5 Å². The zero-order valence-electron chi connectivity index (χ0n) is 21.5. The van der Waals surface area contributed by atoms with Crippen molar-refractivity contribution in [3.63, 3.8) is 0 Å². The Kier molecular flexibility index (Phi) is 7.61. The normalized spacial score (nSPS) is 12.4. The van der Waals surface area contributed by atoms with Crippen LogP contribution in [0.2, 0.25) is 0 Å². The Bertz CT molecular complexity index is 1490. The number of amides is 1. The van der Waals surface area contributed by atoms with Gasteiger partial charge in [0.2, 0.25) is 17.6 Å². The number of benzene rings is 2. The Balaban J connectivity index is 1.54. The van der Waals surface area contributed by atoms with E-state index < -0.39 is 41.1 Å². The lowest BCUT2D eigenvalue weighted by molar-refractivity contribution is -0.122. The summed E-state index contributed by atoms with van der Waals surface area (Å²) in [5.74, 6) is -1.62. The van der Waals surface area contributed by atoms with Gasteiger partial charge in [0.05, 0.1) is 11.5 Å². The third kappa shape index (κ3) is 5.59. The van der Waals surface area contributed by atoms with Crippen LogP contribution in [0.4, 0.5) is 4.39 Å². The molecule has 1 atom stereocenters. The van der Waals surface area contributed by atoms with E-state index in [1.165, 1.54) is 36.5 Å². The average Bonchev–Trinajstić information content (AvgIpc) is 3.40. The Morgan fingerprint density at radius 3 is 2.37 bits per heavy atom. The van der Waals surface area contributed by atoms with E-state index in [1.807, 2.05) is 44.2 Å². The predicted octanol–water partition coefficient (Wildman–Crippen LogP) is 3.78. The highest BCUT2D eigenvalue weighted by Crippen LogP contribution is 2.30. The molecule has 0 aliphatic rings. The van der Waals surface area contributed by atoms with Crippen molar-refractivity contribution in [1.29, 1.82) is 0 Å². The van der Waals surface area contributed by atoms with Crippen molar-refractivity contribution in [2.24, 2.45) is 5.92 Å². The van der Waals surface area contributed by atoms with Gasteiger partial charge in [-0.1, -0.05) is 44.2 Å². The summed E-state index contributed by atoms with van der Waals surface area (Å²) >= 11 is 0. The third-order valence-corrected chi connectivity index (χ3v) is 6.27. The van der Waals surface area contributed by atoms with E-state index in [2.05, 4.69) is 20.5 Å². The molecule has 0 radical (unpaired) electrons. The minimum Gasteiger partial charge on any atom is -0.417 e. The molecule has 0 spiro atoms. The highest BCUT2D eigenvalue weighted by atomic mass is 19.1. The van der Waals surface area contributed by atoms with Crippen LogP contribution < -0.4 is 10.9 Å². The molecule has 0 saturated carbocycles. The number of nitrogens with zero attached hydrogens (tertiary/aromatic N) is 4. The summed E-state index contributed by atoms with van der Waals surface area (Å²) < 4.78 is 20.3. The van der Waals surface area contributed by atoms with Crippen LogP contribution in [0.15, 0.2) is 76.1 Å². The second-order valence-corrected chi connectivity index (χ2v) is 9.76. The van der Waals surface area contributed by atoms with Crippen LogP contribution >= 0.6 is 0 Å². The SMILES string of the molecule is CC(C)C(NC(=O)Cn1c(-c2ccc(F)cc2)nccc1=O)C(=O)c1nnc(C(C)(C)c2ccccc2)o1. The zero-order chi connectivity index (χ0) is 27.4. The lowest BCUT2D eigenvalue weighted by Gasteiger charge is -2.21. The molecule has 1 amide bonds. The number of ketones is 1. The first-order valence-corrected chi connectivity index (χ1v) is 12.1. The standard InChI is InChI=1S/C28H28FN5O4/c1-17(2)23(24(37)26-32-33-27(38-26)28(3,4)19-8-6-5-7-9-19)31-21(35)16-34-22(36)14-15-30-25(34)18-10-12-20(29)13-11-18/h5-15,17,23H,16H2,1-4H3,(H,31,35). The Morgan fingerprint density at radius 1 is 1.03 bits per heavy atom. The molecule has 2 aromatic carbocycles. The molecule has 2 aromatic heterocycles. The molecule has 0 aliphatic carbocycles. The van der Waals surface area contributed by atoms with Crippen molar-refractivity contribution in [3.05, 3.63) is 100 Å². The number of hydrogen-bond donors (Lipinski definition) is 1. The molecule has 10 heteroatoms. The quantitative estimate of drug-likeness (QED) is 0.336. The Hall–Kier alpha value is -4.47. The molecule has 4 rings (SSSR count). The molecule has 9 nitrogen and oxygen atoms in total. The van der Waals surface area contributed by atoms with Crippen LogP contribution in [0.25, 0.3) is 11.4 Å². The number of hydrogen-bond acceptors (Lipinski definition) is 7. The van der Waals surface area contributed by atoms with Gasteiger partial charge >= 0.3 is 0 Å². The topological polar surface area (TPSA) is 120 Å². The second kappa shape index (κ2) is 10.9. The van der Waals surface area contributed by atoms with Gasteiger partial charge in [-0.3, -0.25) is 19.0 Å². The molecule has 0 aliphatic heterocycles. The summed E-state index contributed by atoms with van der Waals surface area (Å²) in [4.78, 5) is 43.1. The van der Waals surface area contributed by atoms with Crippen LogP contribution in [0.5, 0.6) is 0 Å². The molecule has 1 unspecified atom stereocenters. The van der Waals surface area contributed by atoms with Gasteiger partial charge in [0, 0.05) is 17.8 Å². The first-order valence-electron chi connectivity index (χ1n) is 12.1. The number of halogens is 1. The monoisotopic (exact) mass is 517 g/mol. The third-order valence-electron chi connectivity index (χ3n) is 6.27. The van der Waals surface area contributed by atoms with Crippen LogP contribution in [0, 0.1) is 11.7 Å². The molecule has 1 N–H and O–H groups in total. The number of aromatic nitrogens is 4. The van der Waals surface area contributed by atoms with Crippen molar-refractivity contribution >= 4 is 11.7 Å². The first kappa shape index (κ1) is 26.6. The number of nitrogens with one attached hydrogen (secondary N) is 1. The van der Waals surface area contributed by atoms with Crippen molar-refractivity contribution in [2.75, 3.05) is 0 Å². The highest BCUT2D eigenvalue weighted by molar-refractivity contribution is 5.98. The molecule has 0 fully saturated rings. The summed E-state index contributed by atoms with van der Waals surface area (Å²) in [6, 6.07) is 15.2. The van der Waals surface area contributed by atoms with Gasteiger partial charge in [0.25, 0.3) is 11.4 Å². The smallest absolute Gasteiger partial charge is 0.286 e. The molecule has 4 aromatic rings. The number of carbonyl (C=O) groups excluding carboxylic acids is 2. The first-order chi connectivity index (χ1) is 18.1. The molecule has 196 valence electrons. The number of carbonyl (C=O) groups is 2. The maximum Gasteiger partial charge on any atom is 0.286 e. The van der Waals surface area contributed by atoms with Crippen LogP contribution in [0.1, 0.15) is 49.8 Å². The summed E-state index contributed by atoms with van der Waals surface area (Å²) in [5.41, 5.74) is 0.302. The summed E-state index contributed by atoms with van der Waals surface area (Å²) in [7, 11) is 0. The van der Waals surface area contributed by atoms with E-state index in [0.717, 1.165) is 10.1 Å². The van der Waals surface area contributed by atoms with Crippen LogP contribution in [-0.4, -0.2) is 37.5 Å². The van der Waals surface area contributed by atoms with Gasteiger partial charge in [0.15, 0.2) is 0 Å². The summed E-state index contributed by atoms with van der Waals surface area (Å²) in [6.07, 6.45) is 1.32. The Morgan fingerprint density at radius 2 is 1.71 bits per heavy atom. The number of rotatable bonds is 9. The van der Waals surface area contributed by atoms with Gasteiger partial charge < -0.3 is 9.73 Å². The van der Waals surface area contributed by atoms with Crippen molar-refractivity contribution in [2.45, 2.75) is 45.7 Å². The van der Waals surface area contributed by atoms with E-state index in [0.29, 0.717) is 5.56 Å². The summed E-state index contributed by atoms with van der Waals surface area (Å²) in [6.45, 7) is 6.97. The van der Waals surface area contributed by atoms with Crippen LogP contribution in [0.3, 0.4) is 0 Å². The Labute approximate surface area is 218 Å². The molecule has 2 heterocycles. The minimum atomic E-state index is -0.975. The molecular formula is C28H28FN5O4. The minimum absolute atomic E-state index is 0.199. The molecule has 38 heavy (non-hydrogen) atoms. The molecule has 0 bridgehead atoms. The molecular weight excluding hydrogens is 489 g/mol. The van der Waals surface area contributed by atoms with Gasteiger partial charge in [-0.15, -0.1) is 10.2 Å². The van der Waals surface area contributed by atoms with Gasteiger partial charge in [0.1, 0.15) is 18.2 Å². The second-order valence-electron chi connectivity index (χ2n) is 9.76. The maximum atomic E-state index is 13.4. The lowest BCUT2D eigenvalue weighted by atomic mass is 9.85. The largest absolute Gasteiger partial charge is 0.417 e. The fourth-order valence-electron chi connectivity index (χ4n) is 4.00. The number of Topliss-reactive ketones (excluding diaryl/α,β-unsaturated/α-hetero) is 1. The van der Waals surface area contributed by atoms with Crippen LogP contribution in [-0.2, 0) is 16.8 Å². The summed E-state index contributed by atoms with van der Waals surface area (Å²) in [5, 5.41) is 10.8. The fourth-order valence-corrected chi connectivity index (χ4v) is 4.00. The fraction of sp³-hybridized carbons (Fsp3) is 0.286. The van der Waals surface area contributed by atoms with Crippen molar-refractivity contribution in [1.82, 2.24) is 25.1 Å². The van der Waals surface area contributed by atoms with Gasteiger partial charge in [-0.25, -0.2) is 9.37 Å². The van der Waals surface area contributed by atoms with Gasteiger partial charge in [-0.2, -0.15) is 0 Å². The van der Waals surface area contributed by atoms with E-state index in [9.17, 15) is 18.8 Å². The zero-order valence-corrected chi connectivity index (χ0v) is 21.5. The van der Waals surface area contributed by atoms with E-state index in [1.54, 1.807) is 13.8 Å². The van der Waals surface area contributed by atoms with Crippen molar-refractivity contribution < 1.29 is 18.4 Å².